The van der Waals surface area contributed by atoms with Gasteiger partial charge in [0.1, 0.15) is 0 Å². The summed E-state index contributed by atoms with van der Waals surface area (Å²) in [5.41, 5.74) is 6.48. The molecule has 1 aromatic carbocycles. The van der Waals surface area contributed by atoms with E-state index in [4.69, 9.17) is 5.73 Å². The predicted octanol–water partition coefficient (Wildman–Crippen LogP) is 1.24. The van der Waals surface area contributed by atoms with Crippen LogP contribution in [0.5, 0.6) is 0 Å². The number of urea groups is 1. The van der Waals surface area contributed by atoms with Crippen LogP contribution in [0.1, 0.15) is 29.8 Å². The number of carbonyl (C=O) groups excluding carboxylic acids is 2. The highest BCUT2D eigenvalue weighted by atomic mass is 16.2. The average Bonchev–Trinajstić information content (AvgIpc) is 2.34. The molecule has 0 heterocycles. The third kappa shape index (κ3) is 4.86. The summed E-state index contributed by atoms with van der Waals surface area (Å²) >= 11 is 0. The summed E-state index contributed by atoms with van der Waals surface area (Å²) in [7, 11) is 0. The van der Waals surface area contributed by atoms with Gasteiger partial charge in [-0.15, -0.1) is 0 Å². The predicted molar refractivity (Wildman–Crippen MR) is 70.0 cm³/mol. The van der Waals surface area contributed by atoms with Gasteiger partial charge in [-0.05, 0) is 23.6 Å². The number of benzene rings is 1. The molecule has 4 N–H and O–H groups in total. The molecule has 0 bridgehead atoms. The lowest BCUT2D eigenvalue weighted by molar-refractivity contribution is 0.0949. The maximum Gasteiger partial charge on any atom is 0.312 e. The lowest BCUT2D eigenvalue weighted by Crippen LogP contribution is -2.29. The lowest BCUT2D eigenvalue weighted by Gasteiger charge is -2.08. The fourth-order valence-electron chi connectivity index (χ4n) is 1.36. The molecule has 98 valence electrons. The van der Waals surface area contributed by atoms with Crippen LogP contribution in [0.3, 0.4) is 0 Å². The Morgan fingerprint density at radius 1 is 1.17 bits per heavy atom. The van der Waals surface area contributed by atoms with E-state index in [1.54, 1.807) is 24.3 Å². The van der Waals surface area contributed by atoms with Crippen molar-refractivity contribution in [3.8, 4) is 0 Å². The molecule has 0 aromatic heterocycles. The van der Waals surface area contributed by atoms with Gasteiger partial charge in [0.25, 0.3) is 5.91 Å². The maximum absolute atomic E-state index is 11.7. The number of rotatable bonds is 5. The van der Waals surface area contributed by atoms with E-state index in [2.05, 4.69) is 10.6 Å². The Bertz CT molecular complexity index is 413. The summed E-state index contributed by atoms with van der Waals surface area (Å²) in [5.74, 6) is 0.339. The first kappa shape index (κ1) is 14.0. The van der Waals surface area contributed by atoms with Crippen molar-refractivity contribution in [1.29, 1.82) is 0 Å². The zero-order valence-electron chi connectivity index (χ0n) is 10.7. The summed E-state index contributed by atoms with van der Waals surface area (Å²) in [6.07, 6.45) is 0. The minimum Gasteiger partial charge on any atom is -0.352 e. The molecular weight excluding hydrogens is 230 g/mol. The molecule has 5 nitrogen and oxygen atoms in total. The van der Waals surface area contributed by atoms with Crippen LogP contribution in [0.4, 0.5) is 4.79 Å². The zero-order chi connectivity index (χ0) is 13.5. The summed E-state index contributed by atoms with van der Waals surface area (Å²) in [6.45, 7) is 5.10. The fourth-order valence-corrected chi connectivity index (χ4v) is 1.36. The largest absolute Gasteiger partial charge is 0.352 e. The van der Waals surface area contributed by atoms with Crippen LogP contribution in [0.15, 0.2) is 24.3 Å². The van der Waals surface area contributed by atoms with Gasteiger partial charge in [0.05, 0.1) is 0 Å². The third-order valence-corrected chi connectivity index (χ3v) is 2.35. The average molecular weight is 249 g/mol. The van der Waals surface area contributed by atoms with Crippen molar-refractivity contribution in [3.05, 3.63) is 35.4 Å². The Balaban J connectivity index is 2.53. The molecule has 0 saturated carbocycles. The fraction of sp³-hybridized carbons (Fsp3) is 0.385. The Kier molecular flexibility index (Phi) is 5.17. The van der Waals surface area contributed by atoms with Crippen LogP contribution in [-0.2, 0) is 6.54 Å². The Morgan fingerprint density at radius 2 is 1.78 bits per heavy atom. The highest BCUT2D eigenvalue weighted by molar-refractivity contribution is 5.94. The topological polar surface area (TPSA) is 84.2 Å². The molecule has 0 unspecified atom stereocenters. The Hall–Kier alpha value is -2.04. The normalized spacial score (nSPS) is 10.2. The van der Waals surface area contributed by atoms with E-state index >= 15 is 0 Å². The van der Waals surface area contributed by atoms with Gasteiger partial charge in [-0.1, -0.05) is 26.0 Å². The van der Waals surface area contributed by atoms with Gasteiger partial charge in [0, 0.05) is 18.7 Å². The van der Waals surface area contributed by atoms with Crippen LogP contribution in [0, 0.1) is 5.92 Å². The first-order valence-electron chi connectivity index (χ1n) is 5.89. The summed E-state index contributed by atoms with van der Waals surface area (Å²) in [6, 6.07) is 6.48. The maximum atomic E-state index is 11.7. The van der Waals surface area contributed by atoms with Crippen LogP contribution in [-0.4, -0.2) is 18.5 Å². The van der Waals surface area contributed by atoms with Gasteiger partial charge in [-0.2, -0.15) is 0 Å². The molecular formula is C13H19N3O2. The minimum absolute atomic E-state index is 0.0851. The summed E-state index contributed by atoms with van der Waals surface area (Å²) in [5, 5.41) is 5.33. The van der Waals surface area contributed by atoms with E-state index in [-0.39, 0.29) is 5.91 Å². The number of hydrogen-bond acceptors (Lipinski definition) is 2. The Labute approximate surface area is 107 Å². The van der Waals surface area contributed by atoms with Gasteiger partial charge in [-0.3, -0.25) is 4.79 Å². The molecule has 0 aliphatic carbocycles. The van der Waals surface area contributed by atoms with Crippen molar-refractivity contribution in [3.63, 3.8) is 0 Å². The first-order chi connectivity index (χ1) is 8.49. The Morgan fingerprint density at radius 3 is 2.28 bits per heavy atom. The number of hydrogen-bond donors (Lipinski definition) is 3. The van der Waals surface area contributed by atoms with Crippen molar-refractivity contribution >= 4 is 11.9 Å². The molecule has 1 rings (SSSR count). The highest BCUT2D eigenvalue weighted by Crippen LogP contribution is 2.04. The van der Waals surface area contributed by atoms with Crippen molar-refractivity contribution in [2.75, 3.05) is 6.54 Å². The van der Waals surface area contributed by atoms with E-state index in [0.29, 0.717) is 24.6 Å². The van der Waals surface area contributed by atoms with Crippen LogP contribution in [0.25, 0.3) is 0 Å². The molecule has 1 aromatic rings. The van der Waals surface area contributed by atoms with Crippen molar-refractivity contribution in [2.45, 2.75) is 20.4 Å². The van der Waals surface area contributed by atoms with Gasteiger partial charge >= 0.3 is 6.03 Å². The third-order valence-electron chi connectivity index (χ3n) is 2.35. The molecule has 5 heteroatoms. The van der Waals surface area contributed by atoms with E-state index in [1.807, 2.05) is 13.8 Å². The number of amides is 3. The van der Waals surface area contributed by atoms with E-state index in [1.165, 1.54) is 0 Å². The summed E-state index contributed by atoms with van der Waals surface area (Å²) in [4.78, 5) is 22.3. The zero-order valence-corrected chi connectivity index (χ0v) is 10.7. The molecule has 18 heavy (non-hydrogen) atoms. The molecule has 3 amide bonds. The van der Waals surface area contributed by atoms with E-state index in [0.717, 1.165) is 5.56 Å². The molecule has 0 radical (unpaired) electrons. The summed E-state index contributed by atoms with van der Waals surface area (Å²) < 4.78 is 0. The van der Waals surface area contributed by atoms with Crippen molar-refractivity contribution in [2.24, 2.45) is 11.7 Å². The smallest absolute Gasteiger partial charge is 0.312 e. The lowest BCUT2D eigenvalue weighted by atomic mass is 10.1. The second kappa shape index (κ2) is 6.64. The van der Waals surface area contributed by atoms with Gasteiger partial charge < -0.3 is 16.4 Å². The number of primary amides is 1. The molecule has 0 atom stereocenters. The quantitative estimate of drug-likeness (QED) is 0.733. The standard InChI is InChI=1S/C13H19N3O2/c1-9(2)7-15-12(17)11-5-3-10(4-6-11)8-16-13(14)18/h3-6,9H,7-8H2,1-2H3,(H,15,17)(H3,14,16,18). The number of carbonyl (C=O) groups is 2. The molecule has 0 spiro atoms. The van der Waals surface area contributed by atoms with Crippen molar-refractivity contribution < 1.29 is 9.59 Å². The second-order valence-corrected chi connectivity index (χ2v) is 4.52. The monoisotopic (exact) mass is 249 g/mol. The van der Waals surface area contributed by atoms with Gasteiger partial charge in [0.2, 0.25) is 0 Å². The van der Waals surface area contributed by atoms with Crippen LogP contribution >= 0.6 is 0 Å². The number of nitrogens with two attached hydrogens (primary N) is 1. The van der Waals surface area contributed by atoms with Gasteiger partial charge in [-0.25, -0.2) is 4.79 Å². The molecule has 0 aliphatic rings. The molecule has 0 saturated heterocycles. The van der Waals surface area contributed by atoms with E-state index < -0.39 is 6.03 Å². The van der Waals surface area contributed by atoms with Crippen LogP contribution in [0.2, 0.25) is 0 Å². The van der Waals surface area contributed by atoms with Crippen LogP contribution < -0.4 is 16.4 Å². The van der Waals surface area contributed by atoms with Gasteiger partial charge in [0.15, 0.2) is 0 Å². The number of nitrogens with one attached hydrogen (secondary N) is 2. The van der Waals surface area contributed by atoms with E-state index in [9.17, 15) is 9.59 Å². The van der Waals surface area contributed by atoms with Crippen molar-refractivity contribution in [1.82, 2.24) is 10.6 Å². The minimum atomic E-state index is -0.561. The SMILES string of the molecule is CC(C)CNC(=O)c1ccc(CNC(N)=O)cc1. The highest BCUT2D eigenvalue weighted by Gasteiger charge is 2.05. The second-order valence-electron chi connectivity index (χ2n) is 4.52. The first-order valence-corrected chi connectivity index (χ1v) is 5.89. The molecule has 0 aliphatic heterocycles. The molecule has 0 fully saturated rings.